The van der Waals surface area contributed by atoms with Crippen LogP contribution in [0.3, 0.4) is 0 Å². The molecule has 3 atom stereocenters. The molecule has 3 unspecified atom stereocenters. The molecule has 3 nitrogen and oxygen atoms in total. The highest BCUT2D eigenvalue weighted by Gasteiger charge is 2.49. The summed E-state index contributed by atoms with van der Waals surface area (Å²) >= 11 is -1.68. The molecule has 1 saturated heterocycles. The van der Waals surface area contributed by atoms with Gasteiger partial charge in [0.2, 0.25) is 0 Å². The van der Waals surface area contributed by atoms with E-state index in [0.717, 1.165) is 0 Å². The highest BCUT2D eigenvalue weighted by Crippen LogP contribution is 2.39. The molecule has 7 heteroatoms. The molecule has 1 rings (SSSR count). The smallest absolute Gasteiger partial charge is 0.392 e. The number of nitrogens with two attached hydrogens (primary N) is 1. The average Bonchev–Trinajstić information content (AvgIpc) is 2.07. The fourth-order valence-corrected chi connectivity index (χ4v) is 2.44. The molecule has 16 heavy (non-hydrogen) atoms. The van der Waals surface area contributed by atoms with Crippen molar-refractivity contribution >= 4 is 11.4 Å². The summed E-state index contributed by atoms with van der Waals surface area (Å²) in [6.45, 7) is 2.40. The van der Waals surface area contributed by atoms with E-state index in [0.29, 0.717) is 13.1 Å². The van der Waals surface area contributed by atoms with Crippen molar-refractivity contribution in [2.75, 3.05) is 20.1 Å². The Kier molecular flexibility index (Phi) is 4.50. The number of nitrogens with zero attached hydrogens (tertiary/aromatic N) is 1. The SMILES string of the molecule is CC(CC(C1CN(C)C1)C(F)(F)F)[S+](N)[O-]. The van der Waals surface area contributed by atoms with E-state index in [1.165, 1.54) is 6.92 Å². The van der Waals surface area contributed by atoms with Crippen molar-refractivity contribution in [1.29, 1.82) is 0 Å². The Morgan fingerprint density at radius 1 is 1.50 bits per heavy atom. The van der Waals surface area contributed by atoms with Gasteiger partial charge >= 0.3 is 6.18 Å². The zero-order valence-corrected chi connectivity index (χ0v) is 10.1. The van der Waals surface area contributed by atoms with Crippen molar-refractivity contribution in [1.82, 2.24) is 4.90 Å². The number of likely N-dealkylation sites (tertiary alicyclic amines) is 1. The van der Waals surface area contributed by atoms with Crippen LogP contribution in [-0.2, 0) is 11.4 Å². The maximum Gasteiger partial charge on any atom is 0.392 e. The highest BCUT2D eigenvalue weighted by atomic mass is 32.2. The van der Waals surface area contributed by atoms with Crippen LogP contribution in [0, 0.1) is 11.8 Å². The first kappa shape index (κ1) is 14.1. The first-order valence-electron chi connectivity index (χ1n) is 5.12. The van der Waals surface area contributed by atoms with Crippen molar-refractivity contribution in [3.05, 3.63) is 0 Å². The summed E-state index contributed by atoms with van der Waals surface area (Å²) in [6.07, 6.45) is -4.37. The van der Waals surface area contributed by atoms with Gasteiger partial charge in [-0.1, -0.05) is 0 Å². The van der Waals surface area contributed by atoms with Crippen LogP contribution in [0.1, 0.15) is 13.3 Å². The van der Waals surface area contributed by atoms with Crippen molar-refractivity contribution in [2.24, 2.45) is 17.0 Å². The van der Waals surface area contributed by atoms with Gasteiger partial charge in [0.25, 0.3) is 0 Å². The van der Waals surface area contributed by atoms with Gasteiger partial charge in [-0.2, -0.15) is 18.3 Å². The lowest BCUT2D eigenvalue weighted by molar-refractivity contribution is -0.202. The van der Waals surface area contributed by atoms with E-state index in [-0.39, 0.29) is 12.3 Å². The molecule has 0 aliphatic carbocycles. The first-order chi connectivity index (χ1) is 7.21. The number of rotatable bonds is 4. The fraction of sp³-hybridized carbons (Fsp3) is 1.00. The maximum atomic E-state index is 12.8. The summed E-state index contributed by atoms with van der Waals surface area (Å²) in [5, 5.41) is 4.50. The number of halogens is 3. The fourth-order valence-electron chi connectivity index (χ4n) is 2.05. The molecule has 0 saturated carbocycles. The monoisotopic (exact) mass is 258 g/mol. The minimum atomic E-state index is -4.22. The minimum absolute atomic E-state index is 0.148. The van der Waals surface area contributed by atoms with Gasteiger partial charge in [-0.15, -0.1) is 0 Å². The van der Waals surface area contributed by atoms with Crippen LogP contribution in [0.5, 0.6) is 0 Å². The topological polar surface area (TPSA) is 52.3 Å². The van der Waals surface area contributed by atoms with Crippen molar-refractivity contribution < 1.29 is 17.7 Å². The molecule has 0 spiro atoms. The van der Waals surface area contributed by atoms with E-state index in [9.17, 15) is 17.7 Å². The second-order valence-electron chi connectivity index (χ2n) is 4.50. The quantitative estimate of drug-likeness (QED) is 0.769. The van der Waals surface area contributed by atoms with Crippen LogP contribution in [0.4, 0.5) is 13.2 Å². The number of alkyl halides is 3. The molecule has 1 aliphatic heterocycles. The Hall–Kier alpha value is 0.0200. The predicted molar refractivity (Wildman–Crippen MR) is 56.9 cm³/mol. The Morgan fingerprint density at radius 3 is 2.31 bits per heavy atom. The number of hydrogen-bond acceptors (Lipinski definition) is 3. The van der Waals surface area contributed by atoms with E-state index < -0.39 is 28.7 Å². The molecule has 96 valence electrons. The lowest BCUT2D eigenvalue weighted by atomic mass is 9.82. The van der Waals surface area contributed by atoms with Crippen molar-refractivity contribution in [3.8, 4) is 0 Å². The largest absolute Gasteiger partial charge is 0.598 e. The molecule has 1 aliphatic rings. The lowest BCUT2D eigenvalue weighted by Crippen LogP contribution is -2.52. The van der Waals surface area contributed by atoms with Crippen LogP contribution >= 0.6 is 0 Å². The van der Waals surface area contributed by atoms with E-state index in [1.807, 2.05) is 4.90 Å². The van der Waals surface area contributed by atoms with Crippen LogP contribution in [0.2, 0.25) is 0 Å². The van der Waals surface area contributed by atoms with Crippen LogP contribution in [0.15, 0.2) is 0 Å². The van der Waals surface area contributed by atoms with E-state index in [2.05, 4.69) is 0 Å². The molecule has 0 aromatic carbocycles. The third-order valence-corrected chi connectivity index (χ3v) is 4.05. The summed E-state index contributed by atoms with van der Waals surface area (Å²) in [7, 11) is 1.79. The third kappa shape index (κ3) is 3.51. The first-order valence-corrected chi connectivity index (χ1v) is 6.39. The maximum absolute atomic E-state index is 12.8. The van der Waals surface area contributed by atoms with Gasteiger partial charge < -0.3 is 9.45 Å². The van der Waals surface area contributed by atoms with Gasteiger partial charge in [0, 0.05) is 30.9 Å². The zero-order chi connectivity index (χ0) is 12.5. The second-order valence-corrected chi connectivity index (χ2v) is 5.97. The van der Waals surface area contributed by atoms with E-state index in [4.69, 9.17) is 5.14 Å². The zero-order valence-electron chi connectivity index (χ0n) is 9.33. The summed E-state index contributed by atoms with van der Waals surface area (Å²) < 4.78 is 49.3. The number of hydrogen-bond donors (Lipinski definition) is 1. The summed E-state index contributed by atoms with van der Waals surface area (Å²) in [6, 6.07) is 0. The molecular weight excluding hydrogens is 241 g/mol. The summed E-state index contributed by atoms with van der Waals surface area (Å²) in [5.41, 5.74) is 0. The standard InChI is InChI=1S/C9H17F3N2OS/c1-6(16(13)15)3-8(9(10,11)12)7-4-14(2)5-7/h6-8H,3-5,13H2,1-2H3. The molecule has 2 N–H and O–H groups in total. The molecule has 1 fully saturated rings. The average molecular weight is 258 g/mol. The van der Waals surface area contributed by atoms with E-state index in [1.54, 1.807) is 7.05 Å². The van der Waals surface area contributed by atoms with Crippen molar-refractivity contribution in [3.63, 3.8) is 0 Å². The molecule has 0 aromatic rings. The van der Waals surface area contributed by atoms with E-state index >= 15 is 0 Å². The minimum Gasteiger partial charge on any atom is -0.598 e. The van der Waals surface area contributed by atoms with Gasteiger partial charge in [-0.3, -0.25) is 0 Å². The summed E-state index contributed by atoms with van der Waals surface area (Å²) in [4.78, 5) is 1.84. The Balaban J connectivity index is 2.59. The summed E-state index contributed by atoms with van der Waals surface area (Å²) in [5.74, 6) is -1.76. The van der Waals surface area contributed by atoms with Crippen molar-refractivity contribution in [2.45, 2.75) is 24.8 Å². The van der Waals surface area contributed by atoms with Crippen LogP contribution < -0.4 is 5.14 Å². The molecule has 1 heterocycles. The molecule has 0 bridgehead atoms. The molecular formula is C9H17F3N2OS. The third-order valence-electron chi connectivity index (χ3n) is 3.06. The molecule has 0 aromatic heterocycles. The van der Waals surface area contributed by atoms with Gasteiger partial charge in [0.05, 0.1) is 5.92 Å². The normalized spacial score (nSPS) is 24.9. The Labute approximate surface area is 96.5 Å². The Morgan fingerprint density at radius 2 is 2.00 bits per heavy atom. The molecule has 0 amide bonds. The predicted octanol–water partition coefficient (Wildman–Crippen LogP) is 1.13. The molecule has 0 radical (unpaired) electrons. The second kappa shape index (κ2) is 5.12. The lowest BCUT2D eigenvalue weighted by Gasteiger charge is -2.42. The Bertz CT molecular complexity index is 231. The van der Waals surface area contributed by atoms with Gasteiger partial charge in [-0.25, -0.2) is 0 Å². The van der Waals surface area contributed by atoms with Gasteiger partial charge in [-0.05, 0) is 19.9 Å². The van der Waals surface area contributed by atoms with Crippen LogP contribution in [0.25, 0.3) is 0 Å². The van der Waals surface area contributed by atoms with Crippen LogP contribution in [-0.4, -0.2) is 41.0 Å². The van der Waals surface area contributed by atoms with Gasteiger partial charge in [0.15, 0.2) is 0 Å². The highest BCUT2D eigenvalue weighted by molar-refractivity contribution is 7.89. The van der Waals surface area contributed by atoms with Gasteiger partial charge in [0.1, 0.15) is 5.25 Å².